The lowest BCUT2D eigenvalue weighted by Crippen LogP contribution is -2.30. The van der Waals surface area contributed by atoms with Gasteiger partial charge in [-0.3, -0.25) is 9.59 Å². The minimum Gasteiger partial charge on any atom is -0.454 e. The molecule has 7 nitrogen and oxygen atoms in total. The molecule has 1 aliphatic carbocycles. The number of aromatic amines is 1. The number of hydrogen-bond acceptors (Lipinski definition) is 7. The van der Waals surface area contributed by atoms with Crippen molar-refractivity contribution < 1.29 is 14.3 Å². The standard InChI is InChI=1S/C21H21N3O4S2/c1-11(18(25)22-9-12-6-7-14-15(8-12)28-10-27-14)29-21-23-19(26)17-13-4-2-3-5-16(13)30-20(17)24-21/h6-8,11H,2-5,9-10H2,1H3,(H,22,25)(H,23,24,26). The lowest BCUT2D eigenvalue weighted by atomic mass is 9.97. The molecule has 3 heterocycles. The highest BCUT2D eigenvalue weighted by Crippen LogP contribution is 2.35. The molecule has 1 aromatic carbocycles. The number of thioether (sulfide) groups is 1. The topological polar surface area (TPSA) is 93.3 Å². The molecule has 2 N–H and O–H groups in total. The number of nitrogens with zero attached hydrogens (tertiary/aromatic N) is 1. The van der Waals surface area contributed by atoms with E-state index in [0.717, 1.165) is 40.8 Å². The van der Waals surface area contributed by atoms with E-state index in [0.29, 0.717) is 17.5 Å². The summed E-state index contributed by atoms with van der Waals surface area (Å²) in [4.78, 5) is 34.8. The van der Waals surface area contributed by atoms with Gasteiger partial charge in [0.25, 0.3) is 5.56 Å². The van der Waals surface area contributed by atoms with Crippen molar-refractivity contribution >= 4 is 39.2 Å². The highest BCUT2D eigenvalue weighted by molar-refractivity contribution is 8.00. The Labute approximate surface area is 181 Å². The number of H-pyrrole nitrogens is 1. The zero-order valence-corrected chi connectivity index (χ0v) is 18.1. The molecule has 0 spiro atoms. The maximum atomic E-state index is 12.7. The highest BCUT2D eigenvalue weighted by Gasteiger charge is 2.22. The number of thiophene rings is 1. The van der Waals surface area contributed by atoms with E-state index >= 15 is 0 Å². The molecule has 0 saturated heterocycles. The number of rotatable bonds is 5. The third-order valence-corrected chi connectivity index (χ3v) is 7.53. The number of aromatic nitrogens is 2. The molecule has 0 bridgehead atoms. The number of benzene rings is 1. The first kappa shape index (κ1) is 19.4. The van der Waals surface area contributed by atoms with Crippen molar-refractivity contribution in [3.8, 4) is 11.5 Å². The van der Waals surface area contributed by atoms with Crippen LogP contribution in [0.25, 0.3) is 10.2 Å². The van der Waals surface area contributed by atoms with Crippen molar-refractivity contribution in [3.63, 3.8) is 0 Å². The zero-order chi connectivity index (χ0) is 20.7. The van der Waals surface area contributed by atoms with E-state index in [4.69, 9.17) is 9.47 Å². The maximum Gasteiger partial charge on any atom is 0.260 e. The van der Waals surface area contributed by atoms with Crippen molar-refractivity contribution in [2.75, 3.05) is 6.79 Å². The Kier molecular flexibility index (Phi) is 5.16. The Morgan fingerprint density at radius 2 is 2.13 bits per heavy atom. The minimum absolute atomic E-state index is 0.102. The fourth-order valence-electron chi connectivity index (χ4n) is 3.80. The number of ether oxygens (including phenoxy) is 2. The number of amides is 1. The number of nitrogens with one attached hydrogen (secondary N) is 2. The first-order valence-corrected chi connectivity index (χ1v) is 11.7. The normalized spacial score (nSPS) is 15.8. The van der Waals surface area contributed by atoms with Crippen LogP contribution in [-0.4, -0.2) is 27.9 Å². The van der Waals surface area contributed by atoms with Gasteiger partial charge >= 0.3 is 0 Å². The Bertz CT molecular complexity index is 1190. The molecule has 5 rings (SSSR count). The van der Waals surface area contributed by atoms with Crippen molar-refractivity contribution in [1.82, 2.24) is 15.3 Å². The Morgan fingerprint density at radius 3 is 3.03 bits per heavy atom. The number of hydrogen-bond donors (Lipinski definition) is 2. The number of carbonyl (C=O) groups is 1. The van der Waals surface area contributed by atoms with Crippen molar-refractivity contribution in [3.05, 3.63) is 44.6 Å². The predicted octanol–water partition coefficient (Wildman–Crippen LogP) is 3.39. The van der Waals surface area contributed by atoms with Gasteiger partial charge in [-0.15, -0.1) is 11.3 Å². The van der Waals surface area contributed by atoms with Crippen molar-refractivity contribution in [1.29, 1.82) is 0 Å². The van der Waals surface area contributed by atoms with Crippen LogP contribution in [0, 0.1) is 0 Å². The van der Waals surface area contributed by atoms with Gasteiger partial charge in [0.1, 0.15) is 4.83 Å². The molecule has 2 aromatic heterocycles. The van der Waals surface area contributed by atoms with E-state index in [-0.39, 0.29) is 18.3 Å². The molecule has 9 heteroatoms. The number of aryl methyl sites for hydroxylation is 2. The molecule has 30 heavy (non-hydrogen) atoms. The quantitative estimate of drug-likeness (QED) is 0.464. The Morgan fingerprint density at radius 1 is 1.30 bits per heavy atom. The molecule has 2 aliphatic rings. The number of fused-ring (bicyclic) bond motifs is 4. The van der Waals surface area contributed by atoms with E-state index in [1.54, 1.807) is 11.3 Å². The summed E-state index contributed by atoms with van der Waals surface area (Å²) in [7, 11) is 0. The molecule has 1 unspecified atom stereocenters. The fourth-order valence-corrected chi connectivity index (χ4v) is 5.95. The number of carbonyl (C=O) groups excluding carboxylic acids is 1. The minimum atomic E-state index is -0.394. The first-order valence-electron chi connectivity index (χ1n) is 9.96. The van der Waals surface area contributed by atoms with Crippen LogP contribution in [0.4, 0.5) is 0 Å². The summed E-state index contributed by atoms with van der Waals surface area (Å²) in [6, 6.07) is 5.61. The second-order valence-electron chi connectivity index (χ2n) is 7.43. The lowest BCUT2D eigenvalue weighted by molar-refractivity contribution is -0.120. The van der Waals surface area contributed by atoms with E-state index in [2.05, 4.69) is 15.3 Å². The van der Waals surface area contributed by atoms with Gasteiger partial charge in [0.05, 0.1) is 10.6 Å². The zero-order valence-electron chi connectivity index (χ0n) is 16.4. The van der Waals surface area contributed by atoms with Gasteiger partial charge in [-0.05, 0) is 55.9 Å². The molecule has 1 aliphatic heterocycles. The van der Waals surface area contributed by atoms with Crippen LogP contribution < -0.4 is 20.3 Å². The van der Waals surface area contributed by atoms with E-state index in [1.807, 2.05) is 25.1 Å². The molecule has 1 atom stereocenters. The molecular formula is C21H21N3O4S2. The summed E-state index contributed by atoms with van der Waals surface area (Å²) in [6.45, 7) is 2.42. The van der Waals surface area contributed by atoms with Gasteiger partial charge in [0, 0.05) is 11.4 Å². The van der Waals surface area contributed by atoms with E-state index < -0.39 is 5.25 Å². The van der Waals surface area contributed by atoms with Crippen molar-refractivity contribution in [2.24, 2.45) is 0 Å². The van der Waals surface area contributed by atoms with Gasteiger partial charge in [0.15, 0.2) is 16.7 Å². The van der Waals surface area contributed by atoms with Gasteiger partial charge < -0.3 is 19.8 Å². The first-order chi connectivity index (χ1) is 14.6. The second-order valence-corrected chi connectivity index (χ2v) is 9.84. The van der Waals surface area contributed by atoms with Crippen molar-refractivity contribution in [2.45, 2.75) is 49.6 Å². The van der Waals surface area contributed by atoms with E-state index in [9.17, 15) is 9.59 Å². The second kappa shape index (κ2) is 7.96. The third-order valence-electron chi connectivity index (χ3n) is 5.36. The summed E-state index contributed by atoms with van der Waals surface area (Å²) in [6.07, 6.45) is 4.26. The molecular weight excluding hydrogens is 422 g/mol. The predicted molar refractivity (Wildman–Crippen MR) is 117 cm³/mol. The smallest absolute Gasteiger partial charge is 0.260 e. The van der Waals surface area contributed by atoms with Crippen LogP contribution in [0.5, 0.6) is 11.5 Å². The summed E-state index contributed by atoms with van der Waals surface area (Å²) in [5.41, 5.74) is 2.00. The molecule has 0 saturated carbocycles. The van der Waals surface area contributed by atoms with Crippen LogP contribution in [0.2, 0.25) is 0 Å². The maximum absolute atomic E-state index is 12.7. The molecule has 0 fully saturated rings. The van der Waals surface area contributed by atoms with Crippen LogP contribution in [0.15, 0.2) is 28.2 Å². The highest BCUT2D eigenvalue weighted by atomic mass is 32.2. The fraction of sp³-hybridized carbons (Fsp3) is 0.381. The van der Waals surface area contributed by atoms with E-state index in [1.165, 1.54) is 28.6 Å². The van der Waals surface area contributed by atoms with Gasteiger partial charge in [-0.1, -0.05) is 17.8 Å². The van der Waals surface area contributed by atoms with Gasteiger partial charge in [-0.25, -0.2) is 4.98 Å². The molecule has 1 amide bonds. The summed E-state index contributed by atoms with van der Waals surface area (Å²) < 4.78 is 10.7. The average Bonchev–Trinajstić information content (AvgIpc) is 3.35. The molecule has 0 radical (unpaired) electrons. The Hall–Kier alpha value is -2.52. The van der Waals surface area contributed by atoms with Crippen LogP contribution in [0.1, 0.15) is 35.8 Å². The summed E-state index contributed by atoms with van der Waals surface area (Å²) in [5, 5.41) is 3.75. The van der Waals surface area contributed by atoms with Crippen LogP contribution in [-0.2, 0) is 24.2 Å². The molecule has 156 valence electrons. The third kappa shape index (κ3) is 3.67. The summed E-state index contributed by atoms with van der Waals surface area (Å²) >= 11 is 2.88. The van der Waals surface area contributed by atoms with Crippen LogP contribution >= 0.6 is 23.1 Å². The average molecular weight is 444 g/mol. The van der Waals surface area contributed by atoms with Gasteiger partial charge in [0.2, 0.25) is 12.7 Å². The molecule has 3 aromatic rings. The van der Waals surface area contributed by atoms with Gasteiger partial charge in [-0.2, -0.15) is 0 Å². The SMILES string of the molecule is CC(Sc1nc2sc3c(c2c(=O)[nH]1)CCCC3)C(=O)NCc1ccc2c(c1)OCO2. The Balaban J connectivity index is 1.26. The summed E-state index contributed by atoms with van der Waals surface area (Å²) in [5.74, 6) is 1.29. The largest absolute Gasteiger partial charge is 0.454 e. The lowest BCUT2D eigenvalue weighted by Gasteiger charge is -2.12. The van der Waals surface area contributed by atoms with Crippen LogP contribution in [0.3, 0.4) is 0 Å². The monoisotopic (exact) mass is 443 g/mol.